The lowest BCUT2D eigenvalue weighted by Gasteiger charge is -2.12. The number of carbonyl (C=O) groups excluding carboxylic acids is 1. The Hall–Kier alpha value is -2.70. The van der Waals surface area contributed by atoms with Gasteiger partial charge in [0.1, 0.15) is 5.92 Å². The number of benzene rings is 1. The summed E-state index contributed by atoms with van der Waals surface area (Å²) in [5.74, 6) is -0.848. The summed E-state index contributed by atoms with van der Waals surface area (Å²) in [4.78, 5) is 22.4. The number of rotatable bonds is 4. The zero-order chi connectivity index (χ0) is 15.9. The predicted octanol–water partition coefficient (Wildman–Crippen LogP) is 2.09. The lowest BCUT2D eigenvalue weighted by atomic mass is 10.2. The van der Waals surface area contributed by atoms with Gasteiger partial charge < -0.3 is 5.32 Å². The van der Waals surface area contributed by atoms with Crippen molar-refractivity contribution in [3.63, 3.8) is 0 Å². The number of nitrogens with one attached hydrogen (secondary N) is 1. The number of carbonyl (C=O) groups is 1. The number of nitrogens with zero attached hydrogens (tertiary/aromatic N) is 3. The molecule has 0 spiro atoms. The number of amides is 1. The molecule has 1 heterocycles. The van der Waals surface area contributed by atoms with Gasteiger partial charge in [-0.25, -0.2) is 4.68 Å². The molecule has 3 rings (SSSR count). The van der Waals surface area contributed by atoms with Crippen LogP contribution < -0.4 is 5.32 Å². The number of hydrogen-bond acceptors (Lipinski definition) is 4. The Morgan fingerprint density at radius 2 is 2.14 bits per heavy atom. The van der Waals surface area contributed by atoms with E-state index in [0.717, 1.165) is 17.1 Å². The third-order valence-electron chi connectivity index (χ3n) is 3.76. The molecule has 0 aliphatic heterocycles. The van der Waals surface area contributed by atoms with Gasteiger partial charge in [-0.1, -0.05) is 12.1 Å². The molecule has 0 bridgehead atoms. The van der Waals surface area contributed by atoms with Gasteiger partial charge >= 0.3 is 0 Å². The van der Waals surface area contributed by atoms with Crippen molar-refractivity contribution < 1.29 is 9.72 Å². The van der Waals surface area contributed by atoms with Crippen LogP contribution in [0.5, 0.6) is 0 Å². The van der Waals surface area contributed by atoms with E-state index in [2.05, 4.69) is 10.4 Å². The van der Waals surface area contributed by atoms with E-state index in [4.69, 9.17) is 0 Å². The van der Waals surface area contributed by atoms with Crippen LogP contribution >= 0.6 is 0 Å². The summed E-state index contributed by atoms with van der Waals surface area (Å²) in [6.45, 7) is 3.83. The fraction of sp³-hybridized carbons (Fsp3) is 0.333. The minimum atomic E-state index is -0.749. The molecule has 1 N–H and O–H groups in total. The van der Waals surface area contributed by atoms with Crippen LogP contribution in [0.3, 0.4) is 0 Å². The van der Waals surface area contributed by atoms with Gasteiger partial charge in [-0.05, 0) is 32.0 Å². The molecule has 2 aromatic rings. The van der Waals surface area contributed by atoms with Crippen LogP contribution in [0.1, 0.15) is 17.8 Å². The van der Waals surface area contributed by atoms with Crippen LogP contribution in [-0.2, 0) is 4.79 Å². The molecular formula is C15H16N4O3. The topological polar surface area (TPSA) is 90.1 Å². The second-order valence-electron chi connectivity index (χ2n) is 5.54. The Morgan fingerprint density at radius 1 is 1.41 bits per heavy atom. The minimum Gasteiger partial charge on any atom is -0.324 e. The summed E-state index contributed by atoms with van der Waals surface area (Å²) in [6, 6.07) is 8.49. The van der Waals surface area contributed by atoms with Crippen molar-refractivity contribution in [2.75, 3.05) is 5.32 Å². The van der Waals surface area contributed by atoms with E-state index in [-0.39, 0.29) is 5.91 Å². The first-order chi connectivity index (χ1) is 10.5. The molecule has 1 amide bonds. The van der Waals surface area contributed by atoms with Crippen molar-refractivity contribution in [2.24, 2.45) is 5.92 Å². The summed E-state index contributed by atoms with van der Waals surface area (Å²) in [7, 11) is 0. The highest BCUT2D eigenvalue weighted by molar-refractivity contribution is 5.96. The zero-order valence-electron chi connectivity index (χ0n) is 12.3. The third-order valence-corrected chi connectivity index (χ3v) is 3.76. The highest BCUT2D eigenvalue weighted by Gasteiger charge is 2.53. The maximum absolute atomic E-state index is 12.1. The smallest absolute Gasteiger partial charge is 0.234 e. The first kappa shape index (κ1) is 14.2. The Bertz CT molecular complexity index is 753. The van der Waals surface area contributed by atoms with Crippen molar-refractivity contribution in [1.29, 1.82) is 0 Å². The summed E-state index contributed by atoms with van der Waals surface area (Å²) in [6.07, 6.45) is 0.306. The number of anilines is 1. The van der Waals surface area contributed by atoms with Gasteiger partial charge in [-0.3, -0.25) is 14.9 Å². The molecule has 0 unspecified atom stereocenters. The van der Waals surface area contributed by atoms with Crippen LogP contribution in [0.25, 0.3) is 5.69 Å². The summed E-state index contributed by atoms with van der Waals surface area (Å²) in [5.41, 5.74) is 3.19. The number of nitro groups is 1. The number of aryl methyl sites for hydroxylation is 2. The van der Waals surface area contributed by atoms with E-state index < -0.39 is 16.9 Å². The van der Waals surface area contributed by atoms with Crippen LogP contribution in [0.4, 0.5) is 5.69 Å². The maximum atomic E-state index is 12.1. The van der Waals surface area contributed by atoms with Gasteiger partial charge in [0.05, 0.1) is 17.1 Å². The number of para-hydroxylation sites is 2. The van der Waals surface area contributed by atoms with E-state index >= 15 is 0 Å². The molecule has 22 heavy (non-hydrogen) atoms. The fourth-order valence-electron chi connectivity index (χ4n) is 2.56. The van der Waals surface area contributed by atoms with Crippen molar-refractivity contribution >= 4 is 11.6 Å². The second kappa shape index (κ2) is 5.25. The Kier molecular flexibility index (Phi) is 3.40. The van der Waals surface area contributed by atoms with Crippen molar-refractivity contribution in [3.05, 3.63) is 51.8 Å². The van der Waals surface area contributed by atoms with Gasteiger partial charge in [0.25, 0.3) is 0 Å². The first-order valence-corrected chi connectivity index (χ1v) is 7.04. The number of hydrogen-bond donors (Lipinski definition) is 1. The zero-order valence-corrected chi connectivity index (χ0v) is 12.3. The molecule has 0 saturated heterocycles. The molecular weight excluding hydrogens is 284 g/mol. The fourth-order valence-corrected chi connectivity index (χ4v) is 2.56. The molecule has 1 aromatic carbocycles. The highest BCUT2D eigenvalue weighted by Crippen LogP contribution is 2.34. The largest absolute Gasteiger partial charge is 0.324 e. The molecule has 1 aromatic heterocycles. The van der Waals surface area contributed by atoms with Gasteiger partial charge in [-0.2, -0.15) is 5.10 Å². The maximum Gasteiger partial charge on any atom is 0.234 e. The van der Waals surface area contributed by atoms with Crippen LogP contribution in [0, 0.1) is 29.9 Å². The average Bonchev–Trinajstić information content (AvgIpc) is 3.20. The minimum absolute atomic E-state index is 0.306. The summed E-state index contributed by atoms with van der Waals surface area (Å²) >= 11 is 0. The first-order valence-electron chi connectivity index (χ1n) is 7.04. The van der Waals surface area contributed by atoms with Gasteiger partial charge in [0.15, 0.2) is 0 Å². The SMILES string of the molecule is Cc1cc(C)n(-c2ccccc2NC(=O)[C@H]2C[C@@H]2[N+](=O)[O-])n1. The standard InChI is InChI=1S/C15H16N4O3/c1-9-7-10(2)18(17-9)13-6-4-3-5-12(13)16-15(20)11-8-14(11)19(21)22/h3-7,11,14H,8H2,1-2H3,(H,16,20)/t11-,14-/m0/s1. The normalized spacial score (nSPS) is 19.7. The lowest BCUT2D eigenvalue weighted by Crippen LogP contribution is -2.19. The monoisotopic (exact) mass is 300 g/mol. The van der Waals surface area contributed by atoms with E-state index in [0.29, 0.717) is 12.1 Å². The Labute approximate surface area is 127 Å². The lowest BCUT2D eigenvalue weighted by molar-refractivity contribution is -0.497. The van der Waals surface area contributed by atoms with Crippen molar-refractivity contribution in [2.45, 2.75) is 26.3 Å². The predicted molar refractivity (Wildman–Crippen MR) is 80.6 cm³/mol. The van der Waals surface area contributed by atoms with Crippen LogP contribution in [-0.4, -0.2) is 26.7 Å². The molecule has 2 atom stereocenters. The van der Waals surface area contributed by atoms with Crippen LogP contribution in [0.15, 0.2) is 30.3 Å². The van der Waals surface area contributed by atoms with Gasteiger partial charge in [0, 0.05) is 17.0 Å². The Balaban J connectivity index is 1.85. The molecule has 7 heteroatoms. The molecule has 7 nitrogen and oxygen atoms in total. The molecule has 1 aliphatic rings. The van der Waals surface area contributed by atoms with Crippen LogP contribution in [0.2, 0.25) is 0 Å². The van der Waals surface area contributed by atoms with Crippen molar-refractivity contribution in [3.8, 4) is 5.69 Å². The molecule has 1 aliphatic carbocycles. The summed E-state index contributed by atoms with van der Waals surface area (Å²) < 4.78 is 1.75. The quantitative estimate of drug-likeness (QED) is 0.691. The summed E-state index contributed by atoms with van der Waals surface area (Å²) in [5, 5.41) is 17.9. The molecule has 1 saturated carbocycles. The highest BCUT2D eigenvalue weighted by atomic mass is 16.6. The third kappa shape index (κ3) is 2.57. The average molecular weight is 300 g/mol. The Morgan fingerprint density at radius 3 is 2.73 bits per heavy atom. The van der Waals surface area contributed by atoms with Gasteiger partial charge in [-0.15, -0.1) is 0 Å². The van der Waals surface area contributed by atoms with E-state index in [1.165, 1.54) is 0 Å². The van der Waals surface area contributed by atoms with E-state index in [1.54, 1.807) is 10.7 Å². The molecule has 114 valence electrons. The van der Waals surface area contributed by atoms with Gasteiger partial charge in [0.2, 0.25) is 11.9 Å². The molecule has 1 fully saturated rings. The second-order valence-corrected chi connectivity index (χ2v) is 5.54. The molecule has 0 radical (unpaired) electrons. The van der Waals surface area contributed by atoms with Crippen molar-refractivity contribution in [1.82, 2.24) is 9.78 Å². The van der Waals surface area contributed by atoms with E-state index in [9.17, 15) is 14.9 Å². The van der Waals surface area contributed by atoms with E-state index in [1.807, 2.05) is 38.1 Å². The number of aromatic nitrogens is 2.